The van der Waals surface area contributed by atoms with Gasteiger partial charge in [0.15, 0.2) is 17.3 Å². The highest BCUT2D eigenvalue weighted by molar-refractivity contribution is 6.33. The van der Waals surface area contributed by atoms with Crippen molar-refractivity contribution in [3.8, 4) is 11.5 Å². The third-order valence-corrected chi connectivity index (χ3v) is 6.32. The second-order valence-electron chi connectivity index (χ2n) is 8.14. The van der Waals surface area contributed by atoms with Crippen LogP contribution in [0.1, 0.15) is 58.0 Å². The van der Waals surface area contributed by atoms with Crippen molar-refractivity contribution < 1.29 is 42.6 Å². The summed E-state index contributed by atoms with van der Waals surface area (Å²) in [6.07, 6.45) is -2.13. The second kappa shape index (κ2) is 7.04. The first-order chi connectivity index (χ1) is 14.9. The Kier molecular flexibility index (Phi) is 4.80. The summed E-state index contributed by atoms with van der Waals surface area (Å²) in [7, 11) is 0. The van der Waals surface area contributed by atoms with Gasteiger partial charge in [-0.05, 0) is 32.6 Å². The smallest absolute Gasteiger partial charge is 0.471 e. The molecule has 0 aliphatic heterocycles. The van der Waals surface area contributed by atoms with Crippen molar-refractivity contribution in [1.82, 2.24) is 5.32 Å². The molecule has 3 aliphatic carbocycles. The summed E-state index contributed by atoms with van der Waals surface area (Å²) in [5.41, 5.74) is -2.66. The highest BCUT2D eigenvalue weighted by atomic mass is 19.4. The number of carbonyl (C=O) groups is 4. The number of hydrogen-bond donors (Lipinski definition) is 3. The minimum atomic E-state index is -5.23. The summed E-state index contributed by atoms with van der Waals surface area (Å²) >= 11 is 0. The second-order valence-corrected chi connectivity index (χ2v) is 8.14. The van der Waals surface area contributed by atoms with E-state index in [1.165, 1.54) is 0 Å². The molecule has 0 saturated heterocycles. The van der Waals surface area contributed by atoms with Crippen LogP contribution in [0.5, 0.6) is 11.5 Å². The third kappa shape index (κ3) is 3.04. The Morgan fingerprint density at radius 2 is 1.47 bits per heavy atom. The van der Waals surface area contributed by atoms with Crippen LogP contribution in [-0.2, 0) is 22.4 Å². The van der Waals surface area contributed by atoms with Gasteiger partial charge in [0.2, 0.25) is 0 Å². The number of ketones is 3. The molecule has 1 amide bonds. The van der Waals surface area contributed by atoms with Crippen molar-refractivity contribution in [3.63, 3.8) is 0 Å². The Bertz CT molecular complexity index is 1180. The van der Waals surface area contributed by atoms with Gasteiger partial charge < -0.3 is 15.5 Å². The molecule has 0 saturated carbocycles. The van der Waals surface area contributed by atoms with Gasteiger partial charge in [0.25, 0.3) is 0 Å². The molecule has 3 aliphatic rings. The van der Waals surface area contributed by atoms with Crippen LogP contribution in [0.4, 0.5) is 13.2 Å². The van der Waals surface area contributed by atoms with Crippen molar-refractivity contribution in [1.29, 1.82) is 0 Å². The number of alkyl halides is 3. The first-order valence-electron chi connectivity index (χ1n) is 9.89. The summed E-state index contributed by atoms with van der Waals surface area (Å²) in [5, 5.41) is 23.5. The zero-order valence-electron chi connectivity index (χ0n) is 16.9. The number of aromatic hydroxyl groups is 2. The predicted octanol–water partition coefficient (Wildman–Crippen LogP) is 2.62. The third-order valence-electron chi connectivity index (χ3n) is 6.32. The number of phenolic OH excluding ortho intramolecular Hbond substituents is 2. The maximum Gasteiger partial charge on any atom is 0.471 e. The fraction of sp³-hybridized carbons (Fsp3) is 0.364. The standard InChI is InChI=1S/C22H18F3NO6/c1-9(27)21(26-20(32)22(23,24)25)7-6-12-13(8-21)19(31)15-14(18(12)30)16(28)10-4-2-3-5-11(10)17(15)29/h4-5,30-31H,2-3,6-8H2,1H3,(H,26,32). The molecule has 0 fully saturated rings. The molecule has 0 radical (unpaired) electrons. The number of allylic oxidation sites excluding steroid dienone is 4. The van der Waals surface area contributed by atoms with Gasteiger partial charge in [0.1, 0.15) is 17.0 Å². The maximum absolute atomic E-state index is 13.0. The van der Waals surface area contributed by atoms with Gasteiger partial charge in [-0.15, -0.1) is 0 Å². The summed E-state index contributed by atoms with van der Waals surface area (Å²) in [5.74, 6) is -5.64. The molecule has 1 unspecified atom stereocenters. The SMILES string of the molecule is CC(=O)C1(NC(=O)C(F)(F)F)CCc2c(O)c3c(c(O)c2C1)C(=O)C1=CCCC=C1C3=O. The van der Waals surface area contributed by atoms with Gasteiger partial charge in [-0.1, -0.05) is 12.2 Å². The van der Waals surface area contributed by atoms with E-state index in [-0.39, 0.29) is 40.7 Å². The van der Waals surface area contributed by atoms with E-state index >= 15 is 0 Å². The van der Waals surface area contributed by atoms with Gasteiger partial charge >= 0.3 is 12.1 Å². The number of halogens is 3. The van der Waals surface area contributed by atoms with Gasteiger partial charge in [0.05, 0.1) is 11.1 Å². The zero-order chi connectivity index (χ0) is 23.6. The first kappa shape index (κ1) is 21.8. The van der Waals surface area contributed by atoms with Crippen LogP contribution in [0.25, 0.3) is 0 Å². The number of nitrogens with one attached hydrogen (secondary N) is 1. The van der Waals surface area contributed by atoms with Crippen molar-refractivity contribution in [2.24, 2.45) is 0 Å². The number of amides is 1. The lowest BCUT2D eigenvalue weighted by molar-refractivity contribution is -0.176. The lowest BCUT2D eigenvalue weighted by atomic mass is 9.70. The Morgan fingerprint density at radius 1 is 0.969 bits per heavy atom. The molecule has 1 aromatic carbocycles. The van der Waals surface area contributed by atoms with E-state index in [9.17, 15) is 42.6 Å². The van der Waals surface area contributed by atoms with E-state index in [4.69, 9.17) is 0 Å². The summed E-state index contributed by atoms with van der Waals surface area (Å²) < 4.78 is 38.5. The minimum absolute atomic E-state index is 0.0596. The van der Waals surface area contributed by atoms with E-state index in [1.54, 1.807) is 17.5 Å². The number of rotatable bonds is 2. The van der Waals surface area contributed by atoms with Crippen LogP contribution in [0.3, 0.4) is 0 Å². The zero-order valence-corrected chi connectivity index (χ0v) is 16.9. The Balaban J connectivity index is 1.88. The number of benzene rings is 1. The molecular formula is C22H18F3NO6. The van der Waals surface area contributed by atoms with Crippen molar-refractivity contribution in [2.75, 3.05) is 0 Å². The summed E-state index contributed by atoms with van der Waals surface area (Å²) in [6.45, 7) is 1.01. The number of phenols is 2. The monoisotopic (exact) mass is 449 g/mol. The van der Waals surface area contributed by atoms with E-state index in [1.807, 2.05) is 0 Å². The summed E-state index contributed by atoms with van der Waals surface area (Å²) in [4.78, 5) is 49.9. The van der Waals surface area contributed by atoms with Crippen LogP contribution in [0, 0.1) is 0 Å². The molecule has 7 nitrogen and oxygen atoms in total. The van der Waals surface area contributed by atoms with Gasteiger partial charge in [-0.2, -0.15) is 13.2 Å². The Labute approximate surface area is 179 Å². The minimum Gasteiger partial charge on any atom is -0.507 e. The van der Waals surface area contributed by atoms with Crippen molar-refractivity contribution in [3.05, 3.63) is 45.6 Å². The van der Waals surface area contributed by atoms with Crippen LogP contribution in [-0.4, -0.2) is 45.2 Å². The highest BCUT2D eigenvalue weighted by Crippen LogP contribution is 2.48. The van der Waals surface area contributed by atoms with E-state index in [2.05, 4.69) is 0 Å². The fourth-order valence-electron chi connectivity index (χ4n) is 4.61. The number of carbonyl (C=O) groups excluding carboxylic acids is 4. The van der Waals surface area contributed by atoms with Gasteiger partial charge in [-0.3, -0.25) is 19.2 Å². The predicted molar refractivity (Wildman–Crippen MR) is 103 cm³/mol. The molecule has 3 N–H and O–H groups in total. The molecule has 0 spiro atoms. The Morgan fingerprint density at radius 3 is 1.94 bits per heavy atom. The number of fused-ring (bicyclic) bond motifs is 3. The number of hydrogen-bond acceptors (Lipinski definition) is 6. The van der Waals surface area contributed by atoms with Crippen LogP contribution < -0.4 is 5.32 Å². The topological polar surface area (TPSA) is 121 Å². The molecule has 32 heavy (non-hydrogen) atoms. The molecule has 4 rings (SSSR count). The largest absolute Gasteiger partial charge is 0.507 e. The van der Waals surface area contributed by atoms with Gasteiger partial charge in [0, 0.05) is 28.7 Å². The molecule has 0 heterocycles. The molecule has 1 aromatic rings. The lowest BCUT2D eigenvalue weighted by Gasteiger charge is -2.38. The average molecular weight is 449 g/mol. The van der Waals surface area contributed by atoms with Crippen LogP contribution >= 0.6 is 0 Å². The average Bonchev–Trinajstić information content (AvgIpc) is 2.73. The molecule has 0 aromatic heterocycles. The summed E-state index contributed by atoms with van der Waals surface area (Å²) in [6, 6.07) is 0. The van der Waals surface area contributed by atoms with Gasteiger partial charge in [-0.25, -0.2) is 0 Å². The number of Topliss-reactive ketones (excluding diaryl/α,β-unsaturated/α-hetero) is 3. The van der Waals surface area contributed by atoms with Crippen LogP contribution in [0.15, 0.2) is 23.3 Å². The quantitative estimate of drug-likeness (QED) is 0.597. The first-order valence-corrected chi connectivity index (χ1v) is 9.89. The van der Waals surface area contributed by atoms with Crippen molar-refractivity contribution >= 4 is 23.3 Å². The van der Waals surface area contributed by atoms with Crippen molar-refractivity contribution in [2.45, 2.75) is 50.7 Å². The molecule has 10 heteroatoms. The normalized spacial score (nSPS) is 22.2. The Hall–Kier alpha value is -3.43. The maximum atomic E-state index is 13.0. The molecule has 168 valence electrons. The van der Waals surface area contributed by atoms with E-state index in [0.717, 1.165) is 6.92 Å². The molecule has 1 atom stereocenters. The van der Waals surface area contributed by atoms with E-state index in [0.29, 0.717) is 12.8 Å². The molecular weight excluding hydrogens is 431 g/mol. The highest BCUT2D eigenvalue weighted by Gasteiger charge is 2.49. The molecule has 0 bridgehead atoms. The van der Waals surface area contributed by atoms with Crippen LogP contribution in [0.2, 0.25) is 0 Å². The lowest BCUT2D eigenvalue weighted by Crippen LogP contribution is -2.59. The van der Waals surface area contributed by atoms with E-state index < -0.39 is 58.5 Å². The fourth-order valence-corrected chi connectivity index (χ4v) is 4.61.